The molecule has 0 bridgehead atoms. The molecule has 0 atom stereocenters. The third-order valence-corrected chi connectivity index (χ3v) is 7.50. The summed E-state index contributed by atoms with van der Waals surface area (Å²) in [5.41, 5.74) is 1.49. The van der Waals surface area contributed by atoms with Gasteiger partial charge in [0.1, 0.15) is 17.1 Å². The minimum absolute atomic E-state index is 0.0225. The van der Waals surface area contributed by atoms with E-state index in [4.69, 9.17) is 4.52 Å². The quantitative estimate of drug-likeness (QED) is 0.271. The molecular formula is C32H29FN8O5. The van der Waals surface area contributed by atoms with Gasteiger partial charge in [0.25, 0.3) is 22.9 Å². The standard InChI is InChI=1S/C32H29FN8O5/c1-6-40-28-23(31(44)41(40)21-10-7-19(8-11-21)26-18(3)46-39(5)32(26)45)13-17(2)35-27(28)30(43)36-20-9-12-24(33)22(14-20)29(42)37-25-15-38(4)16-34-25/h7-16H,6H2,1-5H3,(H,36,43)(H,37,42). The summed E-state index contributed by atoms with van der Waals surface area (Å²) < 4.78 is 25.9. The van der Waals surface area contributed by atoms with Gasteiger partial charge in [-0.25, -0.2) is 19.0 Å². The number of rotatable bonds is 7. The monoisotopic (exact) mass is 624 g/mol. The molecule has 0 unspecified atom stereocenters. The van der Waals surface area contributed by atoms with Gasteiger partial charge in [0.05, 0.1) is 28.5 Å². The zero-order valence-corrected chi connectivity index (χ0v) is 25.6. The molecule has 46 heavy (non-hydrogen) atoms. The number of fused-ring (bicyclic) bond motifs is 1. The Hall–Kier alpha value is -6.05. The molecule has 4 aromatic heterocycles. The maximum atomic E-state index is 14.6. The molecular weight excluding hydrogens is 595 g/mol. The van der Waals surface area contributed by atoms with Gasteiger partial charge >= 0.3 is 0 Å². The number of benzene rings is 2. The molecule has 4 heterocycles. The van der Waals surface area contributed by atoms with Crippen molar-refractivity contribution in [2.45, 2.75) is 27.3 Å². The average molecular weight is 625 g/mol. The number of pyridine rings is 1. The van der Waals surface area contributed by atoms with Crippen LogP contribution in [0.2, 0.25) is 0 Å². The van der Waals surface area contributed by atoms with Crippen LogP contribution in [0, 0.1) is 19.7 Å². The first-order chi connectivity index (χ1) is 22.0. The Morgan fingerprint density at radius 2 is 1.70 bits per heavy atom. The van der Waals surface area contributed by atoms with Crippen molar-refractivity contribution in [3.05, 3.63) is 110 Å². The van der Waals surface area contributed by atoms with Gasteiger partial charge in [0.2, 0.25) is 0 Å². The Morgan fingerprint density at radius 3 is 2.33 bits per heavy atom. The summed E-state index contributed by atoms with van der Waals surface area (Å²) in [6.07, 6.45) is 3.05. The predicted octanol–water partition coefficient (Wildman–Crippen LogP) is 4.16. The van der Waals surface area contributed by atoms with E-state index in [1.807, 2.05) is 6.92 Å². The zero-order valence-electron chi connectivity index (χ0n) is 25.6. The highest BCUT2D eigenvalue weighted by Crippen LogP contribution is 2.25. The van der Waals surface area contributed by atoms with Gasteiger partial charge < -0.3 is 19.7 Å². The molecule has 0 saturated heterocycles. The number of halogens is 1. The molecule has 0 aliphatic rings. The van der Waals surface area contributed by atoms with Crippen LogP contribution in [0.5, 0.6) is 0 Å². The summed E-state index contributed by atoms with van der Waals surface area (Å²) in [6, 6.07) is 12.1. The van der Waals surface area contributed by atoms with Crippen molar-refractivity contribution in [1.29, 1.82) is 0 Å². The Labute approximate surface area is 260 Å². The average Bonchev–Trinajstić information content (AvgIpc) is 3.65. The number of hydrogen-bond donors (Lipinski definition) is 2. The van der Waals surface area contributed by atoms with Crippen LogP contribution in [0.25, 0.3) is 27.7 Å². The van der Waals surface area contributed by atoms with Crippen molar-refractivity contribution in [3.8, 4) is 16.8 Å². The highest BCUT2D eigenvalue weighted by molar-refractivity contribution is 6.11. The van der Waals surface area contributed by atoms with Crippen molar-refractivity contribution in [2.24, 2.45) is 14.1 Å². The third-order valence-electron chi connectivity index (χ3n) is 7.50. The van der Waals surface area contributed by atoms with Crippen LogP contribution >= 0.6 is 0 Å². The maximum Gasteiger partial charge on any atom is 0.290 e. The molecule has 234 valence electrons. The number of carbonyl (C=O) groups excluding carboxylic acids is 2. The number of nitrogens with zero attached hydrogens (tertiary/aromatic N) is 6. The van der Waals surface area contributed by atoms with Crippen LogP contribution in [0.3, 0.4) is 0 Å². The summed E-state index contributed by atoms with van der Waals surface area (Å²) >= 11 is 0. The molecule has 2 amide bonds. The molecule has 0 radical (unpaired) electrons. The fourth-order valence-electron chi connectivity index (χ4n) is 5.45. The second-order valence-electron chi connectivity index (χ2n) is 10.7. The lowest BCUT2D eigenvalue weighted by atomic mass is 10.1. The molecule has 6 aromatic rings. The summed E-state index contributed by atoms with van der Waals surface area (Å²) in [4.78, 5) is 61.3. The number of imidazole rings is 1. The number of aromatic nitrogens is 6. The predicted molar refractivity (Wildman–Crippen MR) is 169 cm³/mol. The van der Waals surface area contributed by atoms with E-state index in [0.717, 1.165) is 10.8 Å². The lowest BCUT2D eigenvalue weighted by molar-refractivity contribution is 0.101. The van der Waals surface area contributed by atoms with E-state index in [1.165, 1.54) is 30.2 Å². The number of aryl methyl sites for hydroxylation is 5. The second-order valence-corrected chi connectivity index (χ2v) is 10.7. The van der Waals surface area contributed by atoms with Crippen molar-refractivity contribution in [3.63, 3.8) is 0 Å². The van der Waals surface area contributed by atoms with Crippen LogP contribution in [-0.2, 0) is 20.6 Å². The van der Waals surface area contributed by atoms with Gasteiger partial charge in [-0.3, -0.25) is 23.9 Å². The minimum atomic E-state index is -0.784. The van der Waals surface area contributed by atoms with Gasteiger partial charge in [-0.15, -0.1) is 0 Å². The zero-order chi connectivity index (χ0) is 32.9. The molecule has 0 fully saturated rings. The van der Waals surface area contributed by atoms with E-state index in [9.17, 15) is 23.6 Å². The second kappa shape index (κ2) is 11.5. The summed E-state index contributed by atoms with van der Waals surface area (Å²) in [5, 5.41) is 5.49. The lowest BCUT2D eigenvalue weighted by Crippen LogP contribution is -2.21. The fraction of sp³-hybridized carbons (Fsp3) is 0.188. The van der Waals surface area contributed by atoms with Crippen LogP contribution < -0.4 is 21.8 Å². The van der Waals surface area contributed by atoms with Crippen LogP contribution in [0.1, 0.15) is 39.2 Å². The Balaban J connectivity index is 1.37. The van der Waals surface area contributed by atoms with Gasteiger partial charge in [-0.1, -0.05) is 12.1 Å². The first-order valence-corrected chi connectivity index (χ1v) is 14.3. The molecule has 0 aliphatic heterocycles. The van der Waals surface area contributed by atoms with E-state index in [2.05, 4.69) is 20.6 Å². The molecule has 2 N–H and O–H groups in total. The van der Waals surface area contributed by atoms with E-state index >= 15 is 0 Å². The Kier molecular flexibility index (Phi) is 7.48. The first kappa shape index (κ1) is 30.0. The Bertz CT molecular complexity index is 2290. The minimum Gasteiger partial charge on any atom is -0.381 e. The fourth-order valence-corrected chi connectivity index (χ4v) is 5.45. The molecule has 2 aromatic carbocycles. The largest absolute Gasteiger partial charge is 0.381 e. The first-order valence-electron chi connectivity index (χ1n) is 14.3. The van der Waals surface area contributed by atoms with Crippen molar-refractivity contribution in [2.75, 3.05) is 10.6 Å². The molecule has 13 nitrogen and oxygen atoms in total. The van der Waals surface area contributed by atoms with E-state index in [0.29, 0.717) is 40.3 Å². The van der Waals surface area contributed by atoms with Crippen LogP contribution in [0.4, 0.5) is 15.9 Å². The molecule has 0 aliphatic carbocycles. The SMILES string of the molecule is CCn1c2c(C(=O)Nc3ccc(F)c(C(=O)Nc4cn(C)cn4)c3)nc(C)cc2c(=O)n1-c1ccc(-c2c(C)on(C)c2=O)cc1. The van der Waals surface area contributed by atoms with E-state index in [-0.39, 0.29) is 39.3 Å². The Morgan fingerprint density at radius 1 is 0.957 bits per heavy atom. The number of anilines is 2. The third kappa shape index (κ3) is 5.19. The van der Waals surface area contributed by atoms with E-state index in [1.54, 1.807) is 66.7 Å². The number of amides is 2. The van der Waals surface area contributed by atoms with Crippen LogP contribution in [0.15, 0.2) is 75.2 Å². The van der Waals surface area contributed by atoms with Crippen molar-refractivity contribution >= 4 is 34.2 Å². The summed E-state index contributed by atoms with van der Waals surface area (Å²) in [6.45, 7) is 5.51. The normalized spacial score (nSPS) is 11.3. The smallest absolute Gasteiger partial charge is 0.290 e. The highest BCUT2D eigenvalue weighted by Gasteiger charge is 2.24. The molecule has 0 spiro atoms. The van der Waals surface area contributed by atoms with Gasteiger partial charge in [0.15, 0.2) is 11.5 Å². The summed E-state index contributed by atoms with van der Waals surface area (Å²) in [5.74, 6) is -1.47. The van der Waals surface area contributed by atoms with Crippen LogP contribution in [-0.4, -0.2) is 40.5 Å². The topological polar surface area (TPSA) is 151 Å². The molecule has 14 heteroatoms. The molecule has 0 saturated carbocycles. The van der Waals surface area contributed by atoms with Crippen molar-refractivity contribution < 1.29 is 18.5 Å². The van der Waals surface area contributed by atoms with E-state index < -0.39 is 17.6 Å². The number of carbonyl (C=O) groups is 2. The van der Waals surface area contributed by atoms with Gasteiger partial charge in [-0.2, -0.15) is 4.74 Å². The maximum absolute atomic E-state index is 14.6. The number of nitrogens with one attached hydrogen (secondary N) is 2. The lowest BCUT2D eigenvalue weighted by Gasteiger charge is -2.13. The summed E-state index contributed by atoms with van der Waals surface area (Å²) in [7, 11) is 3.26. The van der Waals surface area contributed by atoms with Crippen molar-refractivity contribution in [1.82, 2.24) is 28.6 Å². The highest BCUT2D eigenvalue weighted by atomic mass is 19.1. The van der Waals surface area contributed by atoms with Gasteiger partial charge in [0, 0.05) is 38.2 Å². The number of hydrogen-bond acceptors (Lipinski definition) is 7. The van der Waals surface area contributed by atoms with Gasteiger partial charge in [-0.05, 0) is 62.7 Å². The molecule has 6 rings (SSSR count).